The number of carbonyl (C=O) groups excluding carboxylic acids is 2. The first-order valence-electron chi connectivity index (χ1n) is 6.70. The molecule has 112 valence electrons. The lowest BCUT2D eigenvalue weighted by Gasteiger charge is -2.16. The molecule has 1 aliphatic carbocycles. The van der Waals surface area contributed by atoms with Crippen LogP contribution < -0.4 is 5.32 Å². The molecule has 0 aromatic heterocycles. The summed E-state index contributed by atoms with van der Waals surface area (Å²) in [6.45, 7) is 0.347. The third kappa shape index (κ3) is 2.72. The van der Waals surface area contributed by atoms with Gasteiger partial charge in [0, 0.05) is 31.1 Å². The van der Waals surface area contributed by atoms with Crippen LogP contribution in [0.15, 0.2) is 12.1 Å². The zero-order valence-electron chi connectivity index (χ0n) is 11.0. The molecule has 3 rings (SSSR count). The van der Waals surface area contributed by atoms with Crippen molar-refractivity contribution in [2.45, 2.75) is 31.3 Å². The van der Waals surface area contributed by atoms with E-state index < -0.39 is 35.0 Å². The Balaban J connectivity index is 1.71. The van der Waals surface area contributed by atoms with Gasteiger partial charge in [-0.15, -0.1) is 0 Å². The number of amides is 2. The van der Waals surface area contributed by atoms with E-state index in [1.54, 1.807) is 4.90 Å². The van der Waals surface area contributed by atoms with Gasteiger partial charge >= 0.3 is 0 Å². The Hall–Kier alpha value is -2.05. The van der Waals surface area contributed by atoms with E-state index in [1.807, 2.05) is 0 Å². The first-order valence-corrected chi connectivity index (χ1v) is 6.70. The number of nitrogens with one attached hydrogen (secondary N) is 1. The molecule has 1 unspecified atom stereocenters. The van der Waals surface area contributed by atoms with Gasteiger partial charge in [0.2, 0.25) is 5.91 Å². The van der Waals surface area contributed by atoms with Gasteiger partial charge < -0.3 is 10.2 Å². The number of nitrogens with zero attached hydrogens (tertiary/aromatic N) is 1. The lowest BCUT2D eigenvalue weighted by atomic mass is 10.1. The third-order valence-electron chi connectivity index (χ3n) is 3.72. The Bertz CT molecular complexity index is 593. The average molecular weight is 298 g/mol. The zero-order chi connectivity index (χ0) is 15.1. The SMILES string of the molecule is O=C(NC1CC(=O)N(C2CC2)C1)c1c(F)cc(F)cc1F. The van der Waals surface area contributed by atoms with Gasteiger partial charge in [-0.3, -0.25) is 9.59 Å². The van der Waals surface area contributed by atoms with Crippen molar-refractivity contribution in [1.29, 1.82) is 0 Å². The van der Waals surface area contributed by atoms with Gasteiger partial charge in [0.15, 0.2) is 0 Å². The molecule has 1 atom stereocenters. The summed E-state index contributed by atoms with van der Waals surface area (Å²) in [7, 11) is 0. The van der Waals surface area contributed by atoms with Crippen LogP contribution in [0.2, 0.25) is 0 Å². The van der Waals surface area contributed by atoms with Gasteiger partial charge in [-0.2, -0.15) is 0 Å². The van der Waals surface area contributed by atoms with Crippen molar-refractivity contribution in [3.63, 3.8) is 0 Å². The van der Waals surface area contributed by atoms with Crippen LogP contribution in [0, 0.1) is 17.5 Å². The molecule has 1 N–H and O–H groups in total. The third-order valence-corrected chi connectivity index (χ3v) is 3.72. The molecule has 0 radical (unpaired) electrons. The van der Waals surface area contributed by atoms with Crippen LogP contribution in [-0.2, 0) is 4.79 Å². The predicted molar refractivity (Wildman–Crippen MR) is 66.9 cm³/mol. The van der Waals surface area contributed by atoms with Crippen LogP contribution in [0.3, 0.4) is 0 Å². The van der Waals surface area contributed by atoms with Gasteiger partial charge in [0.25, 0.3) is 5.91 Å². The van der Waals surface area contributed by atoms with Gasteiger partial charge in [-0.1, -0.05) is 0 Å². The molecule has 4 nitrogen and oxygen atoms in total. The Kier molecular flexibility index (Phi) is 3.35. The minimum Gasteiger partial charge on any atom is -0.347 e. The van der Waals surface area contributed by atoms with E-state index in [9.17, 15) is 22.8 Å². The van der Waals surface area contributed by atoms with Crippen LogP contribution in [0.1, 0.15) is 29.6 Å². The molecule has 0 bridgehead atoms. The molecular formula is C14H13F3N2O2. The Morgan fingerprint density at radius 2 is 1.81 bits per heavy atom. The van der Waals surface area contributed by atoms with E-state index in [1.165, 1.54) is 0 Å². The molecule has 2 aliphatic rings. The predicted octanol–water partition coefficient (Wildman–Crippen LogP) is 1.60. The number of halogens is 3. The van der Waals surface area contributed by atoms with Gasteiger partial charge in [0.1, 0.15) is 23.0 Å². The summed E-state index contributed by atoms with van der Waals surface area (Å²) in [6.07, 6.45) is 2.02. The van der Waals surface area contributed by atoms with E-state index in [2.05, 4.69) is 5.32 Å². The second-order valence-electron chi connectivity index (χ2n) is 5.40. The van der Waals surface area contributed by atoms with Crippen LogP contribution in [-0.4, -0.2) is 35.3 Å². The Morgan fingerprint density at radius 3 is 2.38 bits per heavy atom. The van der Waals surface area contributed by atoms with Gasteiger partial charge in [0.05, 0.1) is 6.04 Å². The number of hydrogen-bond donors (Lipinski definition) is 1. The molecular weight excluding hydrogens is 285 g/mol. The fraction of sp³-hybridized carbons (Fsp3) is 0.429. The summed E-state index contributed by atoms with van der Waals surface area (Å²) in [5.74, 6) is -4.64. The van der Waals surface area contributed by atoms with Crippen LogP contribution in [0.25, 0.3) is 0 Å². The van der Waals surface area contributed by atoms with Crippen LogP contribution >= 0.6 is 0 Å². The largest absolute Gasteiger partial charge is 0.347 e. The highest BCUT2D eigenvalue weighted by Gasteiger charge is 2.40. The number of benzene rings is 1. The van der Waals surface area contributed by atoms with Crippen LogP contribution in [0.4, 0.5) is 13.2 Å². The molecule has 1 saturated carbocycles. The van der Waals surface area contributed by atoms with Gasteiger partial charge in [-0.05, 0) is 12.8 Å². The van der Waals surface area contributed by atoms with Crippen molar-refractivity contribution >= 4 is 11.8 Å². The minimum absolute atomic E-state index is 0.0668. The van der Waals surface area contributed by atoms with E-state index in [0.717, 1.165) is 12.8 Å². The quantitative estimate of drug-likeness (QED) is 0.921. The van der Waals surface area contributed by atoms with E-state index >= 15 is 0 Å². The van der Waals surface area contributed by atoms with Crippen molar-refractivity contribution in [3.05, 3.63) is 35.1 Å². The molecule has 1 aliphatic heterocycles. The smallest absolute Gasteiger partial charge is 0.257 e. The number of carbonyl (C=O) groups is 2. The monoisotopic (exact) mass is 298 g/mol. The Labute approximate surface area is 118 Å². The van der Waals surface area contributed by atoms with Crippen molar-refractivity contribution in [2.24, 2.45) is 0 Å². The standard InChI is InChI=1S/C14H13F3N2O2/c15-7-3-10(16)13(11(17)4-7)14(21)18-8-5-12(20)19(6-8)9-1-2-9/h3-4,8-9H,1-2,5-6H2,(H,18,21). The van der Waals surface area contributed by atoms with Crippen LogP contribution in [0.5, 0.6) is 0 Å². The van der Waals surface area contributed by atoms with Crippen molar-refractivity contribution < 1.29 is 22.8 Å². The minimum atomic E-state index is -1.26. The molecule has 1 aromatic carbocycles. The highest BCUT2D eigenvalue weighted by molar-refractivity contribution is 5.95. The molecule has 7 heteroatoms. The first kappa shape index (κ1) is 13.9. The number of likely N-dealkylation sites (tertiary alicyclic amines) is 1. The highest BCUT2D eigenvalue weighted by atomic mass is 19.1. The molecule has 2 amide bonds. The van der Waals surface area contributed by atoms with Crippen molar-refractivity contribution in [3.8, 4) is 0 Å². The highest BCUT2D eigenvalue weighted by Crippen LogP contribution is 2.30. The molecule has 1 aromatic rings. The zero-order valence-corrected chi connectivity index (χ0v) is 11.0. The second-order valence-corrected chi connectivity index (χ2v) is 5.40. The maximum Gasteiger partial charge on any atom is 0.257 e. The molecule has 0 spiro atoms. The lowest BCUT2D eigenvalue weighted by molar-refractivity contribution is -0.128. The maximum absolute atomic E-state index is 13.5. The van der Waals surface area contributed by atoms with Crippen molar-refractivity contribution in [2.75, 3.05) is 6.54 Å². The average Bonchev–Trinajstić information content (AvgIpc) is 3.13. The summed E-state index contributed by atoms with van der Waals surface area (Å²) in [5.41, 5.74) is -0.825. The first-order chi connectivity index (χ1) is 9.95. The summed E-state index contributed by atoms with van der Waals surface area (Å²) in [5, 5.41) is 2.44. The topological polar surface area (TPSA) is 49.4 Å². The van der Waals surface area contributed by atoms with E-state index in [0.29, 0.717) is 18.7 Å². The number of hydrogen-bond acceptors (Lipinski definition) is 2. The second kappa shape index (κ2) is 5.05. The van der Waals surface area contributed by atoms with E-state index in [-0.39, 0.29) is 18.4 Å². The number of rotatable bonds is 3. The summed E-state index contributed by atoms with van der Waals surface area (Å²) >= 11 is 0. The fourth-order valence-corrected chi connectivity index (χ4v) is 2.58. The molecule has 1 saturated heterocycles. The molecule has 21 heavy (non-hydrogen) atoms. The maximum atomic E-state index is 13.5. The van der Waals surface area contributed by atoms with Crippen molar-refractivity contribution in [1.82, 2.24) is 10.2 Å². The molecule has 1 heterocycles. The lowest BCUT2D eigenvalue weighted by Crippen LogP contribution is -2.38. The van der Waals surface area contributed by atoms with Gasteiger partial charge in [-0.25, -0.2) is 13.2 Å². The fourth-order valence-electron chi connectivity index (χ4n) is 2.58. The molecule has 2 fully saturated rings. The summed E-state index contributed by atoms with van der Waals surface area (Å²) in [4.78, 5) is 25.3. The summed E-state index contributed by atoms with van der Waals surface area (Å²) in [6, 6.07) is 0.663. The normalized spacial score (nSPS) is 21.8. The Morgan fingerprint density at radius 1 is 1.19 bits per heavy atom. The summed E-state index contributed by atoms with van der Waals surface area (Å²) < 4.78 is 39.8. The van der Waals surface area contributed by atoms with E-state index in [4.69, 9.17) is 0 Å².